The molecule has 4 aromatic carbocycles. The molecule has 5 nitrogen and oxygen atoms in total. The second kappa shape index (κ2) is 5.79. The highest BCUT2D eigenvalue weighted by Gasteiger charge is 2.19. The van der Waals surface area contributed by atoms with E-state index >= 15 is 0 Å². The number of hydrogen-bond acceptors (Lipinski definition) is 4. The molecule has 2 heterocycles. The molecule has 0 aliphatic carbocycles. The minimum Gasteiger partial charge on any atom is -0.398 e. The minimum atomic E-state index is -0.139. The van der Waals surface area contributed by atoms with Crippen LogP contribution < -0.4 is 11.3 Å². The van der Waals surface area contributed by atoms with E-state index in [1.165, 1.54) is 0 Å². The first-order chi connectivity index (χ1) is 14.7. The van der Waals surface area contributed by atoms with Crippen LogP contribution in [0.3, 0.4) is 0 Å². The van der Waals surface area contributed by atoms with Gasteiger partial charge in [-0.1, -0.05) is 36.4 Å². The number of nitrogens with two attached hydrogens (primary N) is 1. The van der Waals surface area contributed by atoms with Crippen LogP contribution in [0.25, 0.3) is 49.4 Å². The van der Waals surface area contributed by atoms with E-state index in [4.69, 9.17) is 10.7 Å². The Morgan fingerprint density at radius 3 is 2.50 bits per heavy atom. The van der Waals surface area contributed by atoms with Gasteiger partial charge in [-0.3, -0.25) is 9.20 Å². The molecule has 0 saturated heterocycles. The Labute approximate surface area is 170 Å². The van der Waals surface area contributed by atoms with Gasteiger partial charge in [-0.05, 0) is 47.5 Å². The molecule has 2 N–H and O–H groups in total. The van der Waals surface area contributed by atoms with Crippen molar-refractivity contribution in [2.24, 2.45) is 0 Å². The van der Waals surface area contributed by atoms with Crippen LogP contribution in [0.1, 0.15) is 5.56 Å². The summed E-state index contributed by atoms with van der Waals surface area (Å²) in [7, 11) is 0. The number of imidazole rings is 1. The van der Waals surface area contributed by atoms with Gasteiger partial charge in [0, 0.05) is 27.2 Å². The van der Waals surface area contributed by atoms with Crippen LogP contribution in [0.5, 0.6) is 0 Å². The van der Waals surface area contributed by atoms with Gasteiger partial charge in [-0.2, -0.15) is 5.26 Å². The fourth-order valence-electron chi connectivity index (χ4n) is 4.40. The summed E-state index contributed by atoms with van der Waals surface area (Å²) in [4.78, 5) is 18.2. The van der Waals surface area contributed by atoms with Gasteiger partial charge < -0.3 is 5.73 Å². The van der Waals surface area contributed by atoms with Crippen molar-refractivity contribution in [3.8, 4) is 17.2 Å². The van der Waals surface area contributed by atoms with Crippen molar-refractivity contribution in [3.63, 3.8) is 0 Å². The number of fused-ring (bicyclic) bond motifs is 4. The van der Waals surface area contributed by atoms with Gasteiger partial charge in [-0.25, -0.2) is 4.98 Å². The standard InChI is InChI=1S/C25H14N4O/c26-13-14-6-11-21-20(12-14)28-24-17-9-10-19(27)23-16(15-4-2-1-3-5-15)7-8-18(22(17)23)25(30)29(21)24/h1-12H,27H2. The summed E-state index contributed by atoms with van der Waals surface area (Å²) in [6.45, 7) is 0. The van der Waals surface area contributed by atoms with Crippen LogP contribution >= 0.6 is 0 Å². The number of pyridine rings is 1. The van der Waals surface area contributed by atoms with Crippen LogP contribution in [0.2, 0.25) is 0 Å². The normalized spacial score (nSPS) is 11.6. The predicted molar refractivity (Wildman–Crippen MR) is 120 cm³/mol. The predicted octanol–water partition coefficient (Wildman–Crippen LogP) is 4.71. The molecule has 6 rings (SSSR count). The Morgan fingerprint density at radius 2 is 1.70 bits per heavy atom. The SMILES string of the molecule is N#Cc1ccc2c(c1)nc1c3ccc(N)c4c(-c5ccccc5)ccc(c(=O)n21)c43. The molecule has 0 spiro atoms. The van der Waals surface area contributed by atoms with E-state index in [-0.39, 0.29) is 5.56 Å². The Balaban J connectivity index is 1.87. The summed E-state index contributed by atoms with van der Waals surface area (Å²) in [5.74, 6) is 0. The van der Waals surface area contributed by atoms with Crippen molar-refractivity contribution in [1.29, 1.82) is 5.26 Å². The molecule has 0 amide bonds. The number of hydrogen-bond donors (Lipinski definition) is 1. The Kier molecular flexibility index (Phi) is 3.19. The molecule has 0 saturated carbocycles. The molecule has 5 heteroatoms. The van der Waals surface area contributed by atoms with E-state index in [0.29, 0.717) is 33.3 Å². The number of rotatable bonds is 1. The molecule has 140 valence electrons. The van der Waals surface area contributed by atoms with Crippen molar-refractivity contribution in [2.75, 3.05) is 5.73 Å². The van der Waals surface area contributed by atoms with Gasteiger partial charge in [0.1, 0.15) is 5.65 Å². The number of nitrogens with zero attached hydrogens (tertiary/aromatic N) is 3. The van der Waals surface area contributed by atoms with E-state index in [1.807, 2.05) is 54.6 Å². The fraction of sp³-hybridized carbons (Fsp3) is 0. The summed E-state index contributed by atoms with van der Waals surface area (Å²) in [6, 6.07) is 25.0. The smallest absolute Gasteiger partial charge is 0.264 e. The second-order valence-corrected chi connectivity index (χ2v) is 7.37. The zero-order chi connectivity index (χ0) is 20.4. The Bertz CT molecular complexity index is 1730. The molecule has 0 bridgehead atoms. The monoisotopic (exact) mass is 386 g/mol. The minimum absolute atomic E-state index is 0.139. The summed E-state index contributed by atoms with van der Waals surface area (Å²) in [6.07, 6.45) is 0. The summed E-state index contributed by atoms with van der Waals surface area (Å²) in [5, 5.41) is 12.4. The van der Waals surface area contributed by atoms with Gasteiger partial charge in [0.05, 0.1) is 22.7 Å². The van der Waals surface area contributed by atoms with Crippen molar-refractivity contribution in [2.45, 2.75) is 0 Å². The maximum Gasteiger partial charge on any atom is 0.264 e. The van der Waals surface area contributed by atoms with E-state index in [1.54, 1.807) is 22.6 Å². The molecule has 6 aromatic rings. The lowest BCUT2D eigenvalue weighted by Gasteiger charge is -2.14. The van der Waals surface area contributed by atoms with Crippen LogP contribution in [0.15, 0.2) is 77.6 Å². The van der Waals surface area contributed by atoms with Gasteiger partial charge in [0.25, 0.3) is 5.56 Å². The third-order valence-corrected chi connectivity index (χ3v) is 5.74. The molecule has 0 aliphatic rings. The van der Waals surface area contributed by atoms with Crippen LogP contribution in [0, 0.1) is 11.3 Å². The topological polar surface area (TPSA) is 84.2 Å². The largest absolute Gasteiger partial charge is 0.398 e. The second-order valence-electron chi connectivity index (χ2n) is 7.37. The fourth-order valence-corrected chi connectivity index (χ4v) is 4.40. The quantitative estimate of drug-likeness (QED) is 0.415. The Hall–Kier alpha value is -4.43. The molecule has 0 atom stereocenters. The summed E-state index contributed by atoms with van der Waals surface area (Å²) < 4.78 is 1.63. The van der Waals surface area contributed by atoms with Crippen molar-refractivity contribution < 1.29 is 0 Å². The van der Waals surface area contributed by atoms with E-state index in [0.717, 1.165) is 27.3 Å². The van der Waals surface area contributed by atoms with Crippen LogP contribution in [-0.2, 0) is 0 Å². The molecule has 2 aromatic heterocycles. The van der Waals surface area contributed by atoms with Crippen molar-refractivity contribution in [1.82, 2.24) is 9.38 Å². The number of nitrogen functional groups attached to an aromatic ring is 1. The first kappa shape index (κ1) is 16.5. The first-order valence-corrected chi connectivity index (χ1v) is 9.55. The highest BCUT2D eigenvalue weighted by atomic mass is 16.1. The van der Waals surface area contributed by atoms with E-state index in [2.05, 4.69) is 6.07 Å². The highest BCUT2D eigenvalue weighted by molar-refractivity contribution is 6.22. The van der Waals surface area contributed by atoms with Gasteiger partial charge in [-0.15, -0.1) is 0 Å². The molecule has 0 unspecified atom stereocenters. The van der Waals surface area contributed by atoms with Gasteiger partial charge in [0.15, 0.2) is 0 Å². The maximum atomic E-state index is 13.5. The van der Waals surface area contributed by atoms with E-state index in [9.17, 15) is 10.1 Å². The first-order valence-electron chi connectivity index (χ1n) is 9.55. The van der Waals surface area contributed by atoms with Crippen molar-refractivity contribution in [3.05, 3.63) is 88.7 Å². The van der Waals surface area contributed by atoms with Crippen LogP contribution in [-0.4, -0.2) is 9.38 Å². The van der Waals surface area contributed by atoms with Crippen LogP contribution in [0.4, 0.5) is 5.69 Å². The number of aromatic nitrogens is 2. The average molecular weight is 386 g/mol. The Morgan fingerprint density at radius 1 is 0.900 bits per heavy atom. The zero-order valence-electron chi connectivity index (χ0n) is 15.8. The zero-order valence-corrected chi connectivity index (χ0v) is 15.8. The molecular weight excluding hydrogens is 372 g/mol. The average Bonchev–Trinajstić information content (AvgIpc) is 3.17. The molecule has 30 heavy (non-hydrogen) atoms. The lowest BCUT2D eigenvalue weighted by Crippen LogP contribution is -2.13. The maximum absolute atomic E-state index is 13.5. The third kappa shape index (κ3) is 2.05. The molecular formula is C25H14N4O. The van der Waals surface area contributed by atoms with Crippen molar-refractivity contribution >= 4 is 43.9 Å². The lowest BCUT2D eigenvalue weighted by molar-refractivity contribution is 1.19. The number of nitriles is 1. The molecule has 0 fully saturated rings. The molecule has 0 radical (unpaired) electrons. The molecule has 0 aliphatic heterocycles. The van der Waals surface area contributed by atoms with E-state index < -0.39 is 0 Å². The van der Waals surface area contributed by atoms with Gasteiger partial charge >= 0.3 is 0 Å². The number of anilines is 1. The third-order valence-electron chi connectivity index (χ3n) is 5.74. The number of benzene rings is 4. The summed E-state index contributed by atoms with van der Waals surface area (Å²) in [5.41, 5.74) is 11.3. The van der Waals surface area contributed by atoms with Gasteiger partial charge in [0.2, 0.25) is 0 Å². The lowest BCUT2D eigenvalue weighted by atomic mass is 9.93. The summed E-state index contributed by atoms with van der Waals surface area (Å²) >= 11 is 0. The highest BCUT2D eigenvalue weighted by Crippen LogP contribution is 2.38.